The summed E-state index contributed by atoms with van der Waals surface area (Å²) in [5.74, 6) is 0.837. The van der Waals surface area contributed by atoms with E-state index < -0.39 is 0 Å². The number of hydrogen-bond donors (Lipinski definition) is 1. The van der Waals surface area contributed by atoms with E-state index in [2.05, 4.69) is 26.1 Å². The van der Waals surface area contributed by atoms with Crippen molar-refractivity contribution < 1.29 is 9.47 Å². The van der Waals surface area contributed by atoms with Crippen molar-refractivity contribution in [1.29, 1.82) is 0 Å². The molecule has 1 fully saturated rings. The molecule has 4 unspecified atom stereocenters. The maximum absolute atomic E-state index is 6.19. The summed E-state index contributed by atoms with van der Waals surface area (Å²) in [5, 5.41) is 3.65. The first-order valence-electron chi connectivity index (χ1n) is 7.58. The van der Waals surface area contributed by atoms with Crippen LogP contribution in [-0.4, -0.2) is 38.5 Å². The molecule has 0 radical (unpaired) electrons. The van der Waals surface area contributed by atoms with E-state index in [0.29, 0.717) is 18.8 Å². The van der Waals surface area contributed by atoms with Crippen LogP contribution in [0.4, 0.5) is 0 Å². The highest BCUT2D eigenvalue weighted by molar-refractivity contribution is 4.86. The fraction of sp³-hybridized carbons (Fsp3) is 1.00. The number of nitrogens with one attached hydrogen (secondary N) is 1. The van der Waals surface area contributed by atoms with Crippen LogP contribution in [0.1, 0.15) is 52.9 Å². The summed E-state index contributed by atoms with van der Waals surface area (Å²) in [6.07, 6.45) is 6.82. The van der Waals surface area contributed by atoms with E-state index in [-0.39, 0.29) is 6.10 Å². The van der Waals surface area contributed by atoms with Gasteiger partial charge in [-0.2, -0.15) is 0 Å². The summed E-state index contributed by atoms with van der Waals surface area (Å²) in [7, 11) is 1.74. The van der Waals surface area contributed by atoms with E-state index >= 15 is 0 Å². The van der Waals surface area contributed by atoms with Gasteiger partial charge in [0.15, 0.2) is 0 Å². The van der Waals surface area contributed by atoms with E-state index in [0.717, 1.165) is 12.5 Å². The minimum atomic E-state index is 0.196. The van der Waals surface area contributed by atoms with E-state index in [4.69, 9.17) is 9.47 Å². The molecule has 1 aliphatic carbocycles. The van der Waals surface area contributed by atoms with E-state index in [1.165, 1.54) is 32.1 Å². The van der Waals surface area contributed by atoms with E-state index in [1.54, 1.807) is 7.11 Å². The summed E-state index contributed by atoms with van der Waals surface area (Å²) in [6.45, 7) is 8.40. The molecule has 0 aromatic carbocycles. The summed E-state index contributed by atoms with van der Waals surface area (Å²) >= 11 is 0. The molecular formula is C15H31NO2. The highest BCUT2D eigenvalue weighted by Gasteiger charge is 2.31. The van der Waals surface area contributed by atoms with E-state index in [9.17, 15) is 0 Å². The van der Waals surface area contributed by atoms with Gasteiger partial charge in [0.25, 0.3) is 0 Å². The average Bonchev–Trinajstić information content (AvgIpc) is 2.37. The molecule has 0 bridgehead atoms. The predicted octanol–water partition coefficient (Wildman–Crippen LogP) is 2.98. The van der Waals surface area contributed by atoms with Gasteiger partial charge in [0, 0.05) is 13.2 Å². The third kappa shape index (κ3) is 5.25. The average molecular weight is 257 g/mol. The van der Waals surface area contributed by atoms with Gasteiger partial charge in [-0.25, -0.2) is 0 Å². The van der Waals surface area contributed by atoms with Crippen LogP contribution >= 0.6 is 0 Å². The Bertz CT molecular complexity index is 211. The van der Waals surface area contributed by atoms with Gasteiger partial charge in [0.05, 0.1) is 18.8 Å². The first-order valence-corrected chi connectivity index (χ1v) is 7.58. The van der Waals surface area contributed by atoms with Crippen molar-refractivity contribution in [2.24, 2.45) is 5.92 Å². The highest BCUT2D eigenvalue weighted by Crippen LogP contribution is 2.29. The Balaban J connectivity index is 2.47. The van der Waals surface area contributed by atoms with Crippen molar-refractivity contribution in [3.05, 3.63) is 0 Å². The van der Waals surface area contributed by atoms with Crippen molar-refractivity contribution in [3.63, 3.8) is 0 Å². The van der Waals surface area contributed by atoms with Crippen LogP contribution < -0.4 is 5.32 Å². The Morgan fingerprint density at radius 3 is 2.67 bits per heavy atom. The Morgan fingerprint density at radius 1 is 1.28 bits per heavy atom. The number of rotatable bonds is 8. The lowest BCUT2D eigenvalue weighted by molar-refractivity contribution is -0.0739. The van der Waals surface area contributed by atoms with Crippen LogP contribution in [0, 0.1) is 5.92 Å². The Hall–Kier alpha value is -0.120. The van der Waals surface area contributed by atoms with Crippen molar-refractivity contribution >= 4 is 0 Å². The maximum Gasteiger partial charge on any atom is 0.0784 e. The Kier molecular flexibility index (Phi) is 7.87. The van der Waals surface area contributed by atoms with Crippen LogP contribution in [0.5, 0.6) is 0 Å². The molecule has 0 heterocycles. The quantitative estimate of drug-likeness (QED) is 0.725. The maximum atomic E-state index is 6.19. The second-order valence-electron chi connectivity index (χ2n) is 5.59. The largest absolute Gasteiger partial charge is 0.382 e. The van der Waals surface area contributed by atoms with Crippen molar-refractivity contribution in [2.45, 2.75) is 71.1 Å². The van der Waals surface area contributed by atoms with Crippen LogP contribution in [0.25, 0.3) is 0 Å². The lowest BCUT2D eigenvalue weighted by Gasteiger charge is -2.37. The second kappa shape index (κ2) is 8.89. The van der Waals surface area contributed by atoms with Crippen LogP contribution in [0.2, 0.25) is 0 Å². The topological polar surface area (TPSA) is 30.5 Å². The molecule has 1 rings (SSSR count). The minimum Gasteiger partial charge on any atom is -0.382 e. The molecule has 3 nitrogen and oxygen atoms in total. The lowest BCUT2D eigenvalue weighted by Crippen LogP contribution is -2.47. The molecule has 0 spiro atoms. The van der Waals surface area contributed by atoms with Gasteiger partial charge in [0.1, 0.15) is 0 Å². The number of methoxy groups -OCH3 is 1. The van der Waals surface area contributed by atoms with Gasteiger partial charge in [-0.3, -0.25) is 0 Å². The molecule has 1 saturated carbocycles. The normalized spacial score (nSPS) is 30.3. The van der Waals surface area contributed by atoms with Gasteiger partial charge < -0.3 is 14.8 Å². The monoisotopic (exact) mass is 257 g/mol. The first kappa shape index (κ1) is 15.9. The fourth-order valence-electron chi connectivity index (χ4n) is 2.87. The van der Waals surface area contributed by atoms with Gasteiger partial charge in [-0.1, -0.05) is 20.3 Å². The van der Waals surface area contributed by atoms with Crippen LogP contribution in [-0.2, 0) is 9.47 Å². The van der Waals surface area contributed by atoms with Crippen LogP contribution in [0.15, 0.2) is 0 Å². The standard InChI is InChI=1S/C15H31NO2/c1-5-9-16-14-8-7-13(6-2)10-15(14)18-12(3)11-17-4/h12-16H,5-11H2,1-4H3. The molecule has 1 aliphatic rings. The van der Waals surface area contributed by atoms with Gasteiger partial charge in [0.2, 0.25) is 0 Å². The molecule has 3 heteroatoms. The van der Waals surface area contributed by atoms with Gasteiger partial charge in [-0.15, -0.1) is 0 Å². The zero-order valence-electron chi connectivity index (χ0n) is 12.6. The molecule has 0 aromatic heterocycles. The predicted molar refractivity (Wildman–Crippen MR) is 75.9 cm³/mol. The summed E-state index contributed by atoms with van der Waals surface area (Å²) in [4.78, 5) is 0. The molecule has 0 aliphatic heterocycles. The number of ether oxygens (including phenoxy) is 2. The number of hydrogen-bond acceptors (Lipinski definition) is 3. The lowest BCUT2D eigenvalue weighted by atomic mass is 9.82. The zero-order chi connectivity index (χ0) is 13.4. The molecule has 0 amide bonds. The molecule has 18 heavy (non-hydrogen) atoms. The molecule has 108 valence electrons. The third-order valence-corrected chi connectivity index (χ3v) is 3.94. The Labute approximate surface area is 113 Å². The summed E-state index contributed by atoms with van der Waals surface area (Å²) in [6, 6.07) is 0.534. The van der Waals surface area contributed by atoms with Gasteiger partial charge in [-0.05, 0) is 45.1 Å². The Morgan fingerprint density at radius 2 is 2.06 bits per heavy atom. The molecule has 4 atom stereocenters. The fourth-order valence-corrected chi connectivity index (χ4v) is 2.87. The first-order chi connectivity index (χ1) is 8.71. The van der Waals surface area contributed by atoms with Crippen molar-refractivity contribution in [2.75, 3.05) is 20.3 Å². The van der Waals surface area contributed by atoms with Gasteiger partial charge >= 0.3 is 0 Å². The highest BCUT2D eigenvalue weighted by atomic mass is 16.5. The minimum absolute atomic E-state index is 0.196. The van der Waals surface area contributed by atoms with Crippen molar-refractivity contribution in [1.82, 2.24) is 5.32 Å². The second-order valence-corrected chi connectivity index (χ2v) is 5.59. The van der Waals surface area contributed by atoms with Crippen molar-refractivity contribution in [3.8, 4) is 0 Å². The zero-order valence-corrected chi connectivity index (χ0v) is 12.6. The molecule has 1 N–H and O–H groups in total. The third-order valence-electron chi connectivity index (χ3n) is 3.94. The summed E-state index contributed by atoms with van der Waals surface area (Å²) < 4.78 is 11.4. The molecule has 0 aromatic rings. The smallest absolute Gasteiger partial charge is 0.0784 e. The molecular weight excluding hydrogens is 226 g/mol. The van der Waals surface area contributed by atoms with Crippen LogP contribution in [0.3, 0.4) is 0 Å². The summed E-state index contributed by atoms with van der Waals surface area (Å²) in [5.41, 5.74) is 0. The molecule has 0 saturated heterocycles. The SMILES string of the molecule is CCCNC1CCC(CC)CC1OC(C)COC. The van der Waals surface area contributed by atoms with E-state index in [1.807, 2.05) is 0 Å².